The second kappa shape index (κ2) is 11.5. The van der Waals surface area contributed by atoms with Crippen LogP contribution in [0.3, 0.4) is 0 Å². The Hall–Kier alpha value is -0.300. The van der Waals surface area contributed by atoms with Gasteiger partial charge in [0.2, 0.25) is 0 Å². The van der Waals surface area contributed by atoms with Gasteiger partial charge in [0.15, 0.2) is 0 Å². The number of epoxide rings is 1. The Kier molecular flexibility index (Phi) is 10.2. The normalized spacial score (nSPS) is 22.2. The van der Waals surface area contributed by atoms with E-state index in [0.717, 1.165) is 12.8 Å². The molecule has 1 saturated heterocycles. The van der Waals surface area contributed by atoms with Gasteiger partial charge in [-0.15, -0.1) is 0 Å². The van der Waals surface area contributed by atoms with Crippen LogP contribution >= 0.6 is 0 Å². The molecule has 0 aromatic heterocycles. The van der Waals surface area contributed by atoms with Crippen LogP contribution in [0.5, 0.6) is 0 Å². The first kappa shape index (κ1) is 16.8. The minimum absolute atomic E-state index is 0.544. The van der Waals surface area contributed by atoms with Crippen LogP contribution in [0.4, 0.5) is 0 Å². The standard InChI is InChI=1S/C18H33O/c1-3-5-7-9-11-13-15-17-18(19-17)16-14-12-10-8-6-4-2/h12,14,17-18H,1,3-11,13,15-16H2,2H3. The Bertz CT molecular complexity index is 222. The number of hydrogen-bond acceptors (Lipinski definition) is 1. The summed E-state index contributed by atoms with van der Waals surface area (Å²) in [7, 11) is 0. The fraction of sp³-hybridized carbons (Fsp3) is 0.833. The molecule has 2 atom stereocenters. The molecule has 111 valence electrons. The van der Waals surface area contributed by atoms with Gasteiger partial charge in [0.05, 0.1) is 12.2 Å². The zero-order valence-corrected chi connectivity index (χ0v) is 12.9. The third-order valence-corrected chi connectivity index (χ3v) is 3.94. The molecule has 0 spiro atoms. The van der Waals surface area contributed by atoms with Gasteiger partial charge >= 0.3 is 0 Å². The van der Waals surface area contributed by atoms with Crippen molar-refractivity contribution in [3.05, 3.63) is 19.1 Å². The Morgan fingerprint density at radius 1 is 0.895 bits per heavy atom. The van der Waals surface area contributed by atoms with E-state index >= 15 is 0 Å². The first-order chi connectivity index (χ1) is 9.38. The summed E-state index contributed by atoms with van der Waals surface area (Å²) in [5, 5.41) is 0. The monoisotopic (exact) mass is 265 g/mol. The van der Waals surface area contributed by atoms with E-state index in [1.807, 2.05) is 0 Å². The predicted molar refractivity (Wildman–Crippen MR) is 84.2 cm³/mol. The van der Waals surface area contributed by atoms with Crippen molar-refractivity contribution in [3.8, 4) is 0 Å². The quantitative estimate of drug-likeness (QED) is 0.231. The van der Waals surface area contributed by atoms with Gasteiger partial charge in [0, 0.05) is 0 Å². The number of rotatable bonds is 13. The van der Waals surface area contributed by atoms with Crippen LogP contribution in [0.15, 0.2) is 12.2 Å². The van der Waals surface area contributed by atoms with Gasteiger partial charge in [0.25, 0.3) is 0 Å². The zero-order valence-electron chi connectivity index (χ0n) is 12.9. The fourth-order valence-corrected chi connectivity index (χ4v) is 2.55. The molecule has 1 fully saturated rings. The lowest BCUT2D eigenvalue weighted by Gasteiger charge is -1.98. The van der Waals surface area contributed by atoms with Crippen molar-refractivity contribution in [2.75, 3.05) is 0 Å². The Balaban J connectivity index is 1.83. The van der Waals surface area contributed by atoms with Crippen molar-refractivity contribution in [1.29, 1.82) is 0 Å². The molecule has 0 aromatic rings. The average Bonchev–Trinajstić information content (AvgIpc) is 3.16. The number of ether oxygens (including phenoxy) is 1. The summed E-state index contributed by atoms with van der Waals surface area (Å²) >= 11 is 0. The van der Waals surface area contributed by atoms with Crippen molar-refractivity contribution in [1.82, 2.24) is 0 Å². The Morgan fingerprint density at radius 3 is 2.47 bits per heavy atom. The molecule has 1 radical (unpaired) electrons. The molecule has 2 unspecified atom stereocenters. The minimum atomic E-state index is 0.544. The highest BCUT2D eigenvalue weighted by Gasteiger charge is 2.36. The Morgan fingerprint density at radius 2 is 1.68 bits per heavy atom. The van der Waals surface area contributed by atoms with Crippen molar-refractivity contribution >= 4 is 0 Å². The number of allylic oxidation sites excluding steroid dienone is 1. The van der Waals surface area contributed by atoms with Crippen molar-refractivity contribution < 1.29 is 4.74 Å². The van der Waals surface area contributed by atoms with Gasteiger partial charge in [-0.25, -0.2) is 0 Å². The molecule has 1 aliphatic rings. The molecule has 0 aromatic carbocycles. The number of unbranched alkanes of at least 4 members (excludes halogenated alkanes) is 8. The second-order valence-corrected chi connectivity index (χ2v) is 5.83. The first-order valence-electron chi connectivity index (χ1n) is 8.48. The topological polar surface area (TPSA) is 12.5 Å². The summed E-state index contributed by atoms with van der Waals surface area (Å²) in [6.07, 6.45) is 21.3. The summed E-state index contributed by atoms with van der Waals surface area (Å²) in [6, 6.07) is 0. The second-order valence-electron chi connectivity index (χ2n) is 5.83. The van der Waals surface area contributed by atoms with E-state index in [0.29, 0.717) is 12.2 Å². The summed E-state index contributed by atoms with van der Waals surface area (Å²) < 4.78 is 5.71. The molecular weight excluding hydrogens is 232 g/mol. The van der Waals surface area contributed by atoms with E-state index in [4.69, 9.17) is 4.74 Å². The van der Waals surface area contributed by atoms with Crippen LogP contribution in [-0.4, -0.2) is 12.2 Å². The van der Waals surface area contributed by atoms with E-state index in [2.05, 4.69) is 26.0 Å². The first-order valence-corrected chi connectivity index (χ1v) is 8.48. The average molecular weight is 265 g/mol. The van der Waals surface area contributed by atoms with Gasteiger partial charge in [-0.2, -0.15) is 0 Å². The fourth-order valence-electron chi connectivity index (χ4n) is 2.55. The van der Waals surface area contributed by atoms with Crippen molar-refractivity contribution in [2.45, 2.75) is 96.2 Å². The lowest BCUT2D eigenvalue weighted by molar-refractivity contribution is 0.358. The maximum absolute atomic E-state index is 5.71. The van der Waals surface area contributed by atoms with E-state index in [1.54, 1.807) is 0 Å². The van der Waals surface area contributed by atoms with E-state index in [9.17, 15) is 0 Å². The molecule has 1 rings (SSSR count). The highest BCUT2D eigenvalue weighted by molar-refractivity contribution is 4.93. The van der Waals surface area contributed by atoms with Gasteiger partial charge in [-0.05, 0) is 25.7 Å². The van der Waals surface area contributed by atoms with Gasteiger partial charge in [-0.3, -0.25) is 0 Å². The predicted octanol–water partition coefficient (Wildman–Crippen LogP) is 5.85. The summed E-state index contributed by atoms with van der Waals surface area (Å²) in [4.78, 5) is 0. The van der Waals surface area contributed by atoms with E-state index in [-0.39, 0.29) is 0 Å². The molecule has 0 bridgehead atoms. The van der Waals surface area contributed by atoms with Crippen LogP contribution in [-0.2, 0) is 4.74 Å². The third-order valence-electron chi connectivity index (χ3n) is 3.94. The zero-order chi connectivity index (χ0) is 13.8. The molecule has 1 aliphatic heterocycles. The lowest BCUT2D eigenvalue weighted by atomic mass is 10.1. The molecule has 0 aliphatic carbocycles. The molecule has 19 heavy (non-hydrogen) atoms. The molecule has 0 saturated carbocycles. The molecule has 1 heterocycles. The maximum Gasteiger partial charge on any atom is 0.0876 e. The van der Waals surface area contributed by atoms with E-state index in [1.165, 1.54) is 64.2 Å². The van der Waals surface area contributed by atoms with Gasteiger partial charge in [-0.1, -0.05) is 77.4 Å². The van der Waals surface area contributed by atoms with Gasteiger partial charge in [0.1, 0.15) is 0 Å². The lowest BCUT2D eigenvalue weighted by Crippen LogP contribution is -1.93. The molecule has 0 amide bonds. The largest absolute Gasteiger partial charge is 0.369 e. The van der Waals surface area contributed by atoms with E-state index < -0.39 is 0 Å². The van der Waals surface area contributed by atoms with Crippen LogP contribution in [0.2, 0.25) is 0 Å². The third kappa shape index (κ3) is 9.27. The highest BCUT2D eigenvalue weighted by Crippen LogP contribution is 2.30. The van der Waals surface area contributed by atoms with Crippen molar-refractivity contribution in [3.63, 3.8) is 0 Å². The SMILES string of the molecule is [CH2]CCCCCCCC1OC1CC=CCCCCC. The molecule has 0 N–H and O–H groups in total. The van der Waals surface area contributed by atoms with Crippen LogP contribution in [0.1, 0.15) is 84.0 Å². The summed E-state index contributed by atoms with van der Waals surface area (Å²) in [6.45, 7) is 6.13. The molecule has 1 heteroatoms. The van der Waals surface area contributed by atoms with Gasteiger partial charge < -0.3 is 4.74 Å². The summed E-state index contributed by atoms with van der Waals surface area (Å²) in [5.41, 5.74) is 0. The Labute approximate surface area is 120 Å². The summed E-state index contributed by atoms with van der Waals surface area (Å²) in [5.74, 6) is 0. The smallest absolute Gasteiger partial charge is 0.0876 e. The maximum atomic E-state index is 5.71. The minimum Gasteiger partial charge on any atom is -0.369 e. The van der Waals surface area contributed by atoms with Crippen LogP contribution in [0.25, 0.3) is 0 Å². The van der Waals surface area contributed by atoms with Crippen LogP contribution in [0, 0.1) is 6.92 Å². The van der Waals surface area contributed by atoms with Crippen molar-refractivity contribution in [2.24, 2.45) is 0 Å². The highest BCUT2D eigenvalue weighted by atomic mass is 16.6. The number of hydrogen-bond donors (Lipinski definition) is 0. The van der Waals surface area contributed by atoms with Crippen LogP contribution < -0.4 is 0 Å². The molecular formula is C18H33O. The molecule has 1 nitrogen and oxygen atoms in total.